The second-order valence-corrected chi connectivity index (χ2v) is 8.17. The number of benzene rings is 1. The van der Waals surface area contributed by atoms with Crippen LogP contribution in [-0.4, -0.2) is 35.8 Å². The zero-order valence-electron chi connectivity index (χ0n) is 17.1. The predicted molar refractivity (Wildman–Crippen MR) is 107 cm³/mol. The molecule has 3 rings (SSSR count). The van der Waals surface area contributed by atoms with Gasteiger partial charge < -0.3 is 24.1 Å². The largest absolute Gasteiger partial charge is 0.467 e. The molecule has 0 radical (unpaired) electrons. The summed E-state index contributed by atoms with van der Waals surface area (Å²) in [4.78, 5) is 26.4. The van der Waals surface area contributed by atoms with Crippen molar-refractivity contribution in [2.45, 2.75) is 45.4 Å². The zero-order chi connectivity index (χ0) is 20.9. The number of hydrogen-bond donors (Lipinski definition) is 1. The van der Waals surface area contributed by atoms with Gasteiger partial charge in [0.25, 0.3) is 0 Å². The first-order chi connectivity index (χ1) is 13.8. The van der Waals surface area contributed by atoms with Crippen LogP contribution >= 0.6 is 0 Å². The normalized spacial score (nSPS) is 17.6. The van der Waals surface area contributed by atoms with Crippen LogP contribution in [0.15, 0.2) is 53.1 Å². The highest BCUT2D eigenvalue weighted by Crippen LogP contribution is 2.31. The molecule has 7 nitrogen and oxygen atoms in total. The van der Waals surface area contributed by atoms with Crippen molar-refractivity contribution in [2.24, 2.45) is 5.92 Å². The summed E-state index contributed by atoms with van der Waals surface area (Å²) in [6.45, 7) is 6.70. The average molecular weight is 400 g/mol. The van der Waals surface area contributed by atoms with Crippen molar-refractivity contribution < 1.29 is 23.5 Å². The van der Waals surface area contributed by atoms with Gasteiger partial charge in [0.15, 0.2) is 0 Å². The maximum Gasteiger partial charge on any atom is 0.410 e. The van der Waals surface area contributed by atoms with Crippen molar-refractivity contribution in [3.8, 4) is 0 Å². The Labute approximate surface area is 171 Å². The molecular formula is C22H28N2O5. The van der Waals surface area contributed by atoms with Crippen LogP contribution in [0.25, 0.3) is 0 Å². The van der Waals surface area contributed by atoms with E-state index in [1.165, 1.54) is 0 Å². The molecule has 0 aliphatic carbocycles. The van der Waals surface area contributed by atoms with Crippen LogP contribution in [-0.2, 0) is 16.1 Å². The molecule has 1 aromatic heterocycles. The Morgan fingerprint density at radius 2 is 1.97 bits per heavy atom. The van der Waals surface area contributed by atoms with Crippen LogP contribution in [0, 0.1) is 5.92 Å². The molecule has 0 saturated carbocycles. The van der Waals surface area contributed by atoms with Crippen molar-refractivity contribution in [3.05, 3.63) is 60.1 Å². The number of nitrogens with one attached hydrogen (secondary N) is 1. The lowest BCUT2D eigenvalue weighted by Gasteiger charge is -2.26. The number of furan rings is 1. The van der Waals surface area contributed by atoms with Crippen LogP contribution in [0.3, 0.4) is 0 Å². The van der Waals surface area contributed by atoms with E-state index in [0.29, 0.717) is 18.8 Å². The number of carbonyl (C=O) groups excluding carboxylic acids is 2. The summed E-state index contributed by atoms with van der Waals surface area (Å²) >= 11 is 0. The lowest BCUT2D eigenvalue weighted by molar-refractivity contribution is 0.0476. The molecule has 2 heterocycles. The summed E-state index contributed by atoms with van der Waals surface area (Å²) in [5.41, 5.74) is 0.345. The number of nitrogens with zero attached hydrogens (tertiary/aromatic N) is 1. The summed E-state index contributed by atoms with van der Waals surface area (Å²) < 4.78 is 16.4. The lowest BCUT2D eigenvalue weighted by atomic mass is 9.97. The van der Waals surface area contributed by atoms with E-state index in [9.17, 15) is 9.59 Å². The number of amides is 2. The molecule has 1 aromatic carbocycles. The number of rotatable bonds is 5. The Morgan fingerprint density at radius 3 is 2.62 bits per heavy atom. The highest BCUT2D eigenvalue weighted by molar-refractivity contribution is 5.69. The van der Waals surface area contributed by atoms with Gasteiger partial charge in [-0.15, -0.1) is 0 Å². The van der Waals surface area contributed by atoms with E-state index in [2.05, 4.69) is 5.32 Å². The lowest BCUT2D eigenvalue weighted by Crippen LogP contribution is -2.39. The molecule has 1 fully saturated rings. The molecule has 7 heteroatoms. The highest BCUT2D eigenvalue weighted by Gasteiger charge is 2.36. The fourth-order valence-electron chi connectivity index (χ4n) is 3.36. The van der Waals surface area contributed by atoms with Crippen LogP contribution < -0.4 is 5.32 Å². The van der Waals surface area contributed by atoms with Crippen LogP contribution in [0.4, 0.5) is 9.59 Å². The summed E-state index contributed by atoms with van der Waals surface area (Å²) in [6, 6.07) is 12.8. The number of ether oxygens (including phenoxy) is 2. The number of carbonyl (C=O) groups is 2. The van der Waals surface area contributed by atoms with Gasteiger partial charge in [-0.05, 0) is 44.9 Å². The number of hydrogen-bond acceptors (Lipinski definition) is 5. The maximum absolute atomic E-state index is 12.5. The van der Waals surface area contributed by atoms with E-state index < -0.39 is 11.7 Å². The SMILES string of the molecule is CC(C)(C)OC(=O)NC(c1ccco1)[C@@H]1CCN(C(=O)OCc2ccccc2)C1. The van der Waals surface area contributed by atoms with Gasteiger partial charge in [-0.2, -0.15) is 0 Å². The Hall–Kier alpha value is -2.96. The summed E-state index contributed by atoms with van der Waals surface area (Å²) in [5, 5.41) is 2.90. The quantitative estimate of drug-likeness (QED) is 0.799. The van der Waals surface area contributed by atoms with Gasteiger partial charge in [0, 0.05) is 19.0 Å². The van der Waals surface area contributed by atoms with Gasteiger partial charge in [-0.3, -0.25) is 0 Å². The smallest absolute Gasteiger partial charge is 0.410 e. The van der Waals surface area contributed by atoms with Crippen molar-refractivity contribution in [1.29, 1.82) is 0 Å². The van der Waals surface area contributed by atoms with Crippen molar-refractivity contribution in [1.82, 2.24) is 10.2 Å². The van der Waals surface area contributed by atoms with Crippen LogP contribution in [0.5, 0.6) is 0 Å². The maximum atomic E-state index is 12.5. The Morgan fingerprint density at radius 1 is 1.21 bits per heavy atom. The minimum absolute atomic E-state index is 0.00190. The number of likely N-dealkylation sites (tertiary alicyclic amines) is 1. The fourth-order valence-corrected chi connectivity index (χ4v) is 3.36. The predicted octanol–water partition coefficient (Wildman–Crippen LogP) is 4.50. The molecule has 0 bridgehead atoms. The Kier molecular flexibility index (Phi) is 6.46. The topological polar surface area (TPSA) is 81.0 Å². The third-order valence-electron chi connectivity index (χ3n) is 4.68. The Bertz CT molecular complexity index is 798. The molecule has 0 spiro atoms. The van der Waals surface area contributed by atoms with Crippen molar-refractivity contribution in [2.75, 3.05) is 13.1 Å². The molecule has 1 unspecified atom stereocenters. The highest BCUT2D eigenvalue weighted by atomic mass is 16.6. The van der Waals surface area contributed by atoms with Crippen molar-refractivity contribution >= 4 is 12.2 Å². The van der Waals surface area contributed by atoms with E-state index >= 15 is 0 Å². The van der Waals surface area contributed by atoms with E-state index in [0.717, 1.165) is 12.0 Å². The number of alkyl carbamates (subject to hydrolysis) is 1. The standard InChI is InChI=1S/C22H28N2O5/c1-22(2,3)29-20(25)23-19(18-10-7-13-27-18)17-11-12-24(14-17)21(26)28-15-16-8-5-4-6-9-16/h4-10,13,17,19H,11-12,14-15H2,1-3H3,(H,23,25)/t17-,19?/m1/s1. The summed E-state index contributed by atoms with van der Waals surface area (Å²) in [5.74, 6) is 0.637. The fraction of sp³-hybridized carbons (Fsp3) is 0.455. The molecule has 2 aromatic rings. The summed E-state index contributed by atoms with van der Waals surface area (Å²) in [6.07, 6.45) is 1.43. The van der Waals surface area contributed by atoms with Crippen LogP contribution in [0.1, 0.15) is 44.6 Å². The molecule has 156 valence electrons. The van der Waals surface area contributed by atoms with E-state index in [1.54, 1.807) is 17.2 Å². The summed E-state index contributed by atoms with van der Waals surface area (Å²) in [7, 11) is 0. The van der Waals surface area contributed by atoms with Gasteiger partial charge in [0.1, 0.15) is 18.0 Å². The van der Waals surface area contributed by atoms with E-state index in [1.807, 2.05) is 57.2 Å². The molecule has 1 saturated heterocycles. The van der Waals surface area contributed by atoms with Gasteiger partial charge in [0.05, 0.1) is 12.3 Å². The second kappa shape index (κ2) is 9.03. The second-order valence-electron chi connectivity index (χ2n) is 8.17. The van der Waals surface area contributed by atoms with Gasteiger partial charge in [-0.25, -0.2) is 9.59 Å². The molecule has 2 atom stereocenters. The van der Waals surface area contributed by atoms with Gasteiger partial charge in [0.2, 0.25) is 0 Å². The molecular weight excluding hydrogens is 372 g/mol. The monoisotopic (exact) mass is 400 g/mol. The third-order valence-corrected chi connectivity index (χ3v) is 4.68. The van der Waals surface area contributed by atoms with Crippen LogP contribution in [0.2, 0.25) is 0 Å². The average Bonchev–Trinajstić information content (AvgIpc) is 3.36. The molecule has 1 aliphatic heterocycles. The third kappa shape index (κ3) is 6.01. The minimum Gasteiger partial charge on any atom is -0.467 e. The molecule has 1 N–H and O–H groups in total. The minimum atomic E-state index is -0.596. The van der Waals surface area contributed by atoms with Crippen molar-refractivity contribution in [3.63, 3.8) is 0 Å². The molecule has 29 heavy (non-hydrogen) atoms. The van der Waals surface area contributed by atoms with E-state index in [4.69, 9.17) is 13.9 Å². The van der Waals surface area contributed by atoms with Gasteiger partial charge in [-0.1, -0.05) is 30.3 Å². The zero-order valence-corrected chi connectivity index (χ0v) is 17.1. The first-order valence-electron chi connectivity index (χ1n) is 9.80. The molecule has 2 amide bonds. The first kappa shape index (κ1) is 20.8. The van der Waals surface area contributed by atoms with Gasteiger partial charge >= 0.3 is 12.2 Å². The molecule has 1 aliphatic rings. The Balaban J connectivity index is 1.59. The first-order valence-corrected chi connectivity index (χ1v) is 9.80. The van der Waals surface area contributed by atoms with E-state index in [-0.39, 0.29) is 24.7 Å².